The lowest BCUT2D eigenvalue weighted by Crippen LogP contribution is -1.96. The number of Topliss-reactive ketones (excluding diaryl/α,β-unsaturated/α-hetero) is 1. The molecule has 1 aromatic carbocycles. The molecule has 0 radical (unpaired) electrons. The van der Waals surface area contributed by atoms with E-state index in [9.17, 15) is 4.79 Å². The Balaban J connectivity index is 2.74. The second kappa shape index (κ2) is 5.08. The highest BCUT2D eigenvalue weighted by Crippen LogP contribution is 2.12. The first kappa shape index (κ1) is 10.3. The van der Waals surface area contributed by atoms with Crippen molar-refractivity contribution in [3.05, 3.63) is 29.8 Å². The molecule has 0 fully saturated rings. The molecule has 0 unspecified atom stereocenters. The van der Waals surface area contributed by atoms with Crippen LogP contribution in [0.4, 0.5) is 0 Å². The predicted molar refractivity (Wildman–Crippen MR) is 55.4 cm³/mol. The molecule has 0 amide bonds. The van der Waals surface area contributed by atoms with Crippen molar-refractivity contribution in [1.82, 2.24) is 0 Å². The Morgan fingerprint density at radius 1 is 1.36 bits per heavy atom. The van der Waals surface area contributed by atoms with Gasteiger partial charge >= 0.3 is 0 Å². The molecular formula is C12H12O2. The van der Waals surface area contributed by atoms with Crippen LogP contribution in [0.2, 0.25) is 0 Å². The van der Waals surface area contributed by atoms with Crippen LogP contribution in [0.1, 0.15) is 23.7 Å². The van der Waals surface area contributed by atoms with Crippen LogP contribution in [0, 0.1) is 11.8 Å². The summed E-state index contributed by atoms with van der Waals surface area (Å²) in [5.41, 5.74) is 0.675. The number of methoxy groups -OCH3 is 1. The molecule has 14 heavy (non-hydrogen) atoms. The largest absolute Gasteiger partial charge is 0.497 e. The highest BCUT2D eigenvalue weighted by Gasteiger charge is 2.03. The summed E-state index contributed by atoms with van der Waals surface area (Å²) in [7, 11) is 1.60. The Hall–Kier alpha value is -1.75. The highest BCUT2D eigenvalue weighted by molar-refractivity contribution is 5.97. The van der Waals surface area contributed by atoms with E-state index in [1.807, 2.05) is 0 Å². The Bertz CT molecular complexity index is 366. The van der Waals surface area contributed by atoms with Crippen molar-refractivity contribution < 1.29 is 9.53 Å². The number of ether oxygens (including phenoxy) is 1. The van der Waals surface area contributed by atoms with Crippen molar-refractivity contribution >= 4 is 5.78 Å². The van der Waals surface area contributed by atoms with Gasteiger partial charge in [0, 0.05) is 5.56 Å². The third-order valence-corrected chi connectivity index (χ3v) is 1.84. The lowest BCUT2D eigenvalue weighted by atomic mass is 10.1. The molecule has 0 spiro atoms. The minimum absolute atomic E-state index is 0.0435. The summed E-state index contributed by atoms with van der Waals surface area (Å²) < 4.78 is 4.99. The van der Waals surface area contributed by atoms with Crippen LogP contribution in [0.15, 0.2) is 24.3 Å². The molecule has 0 aliphatic carbocycles. The highest BCUT2D eigenvalue weighted by atomic mass is 16.5. The molecule has 1 aromatic rings. The molecule has 0 saturated heterocycles. The van der Waals surface area contributed by atoms with E-state index in [4.69, 9.17) is 4.74 Å². The number of carbonyl (C=O) groups excluding carboxylic acids is 1. The van der Waals surface area contributed by atoms with E-state index in [1.54, 1.807) is 38.3 Å². The van der Waals surface area contributed by atoms with Crippen LogP contribution in [0.3, 0.4) is 0 Å². The zero-order valence-electron chi connectivity index (χ0n) is 8.33. The van der Waals surface area contributed by atoms with E-state index >= 15 is 0 Å². The summed E-state index contributed by atoms with van der Waals surface area (Å²) in [5.74, 6) is 6.24. The molecule has 0 heterocycles. The van der Waals surface area contributed by atoms with Crippen molar-refractivity contribution in [2.45, 2.75) is 13.3 Å². The second-order valence-electron chi connectivity index (χ2n) is 2.76. The van der Waals surface area contributed by atoms with Gasteiger partial charge in [-0.1, -0.05) is 5.92 Å². The SMILES string of the molecule is CC#CCC(=O)c1ccc(OC)cc1. The molecule has 0 N–H and O–H groups in total. The van der Waals surface area contributed by atoms with Crippen LogP contribution in [-0.4, -0.2) is 12.9 Å². The normalized spacial score (nSPS) is 8.71. The lowest BCUT2D eigenvalue weighted by Gasteiger charge is -2.00. The van der Waals surface area contributed by atoms with Gasteiger partial charge < -0.3 is 4.74 Å². The molecule has 0 saturated carbocycles. The Morgan fingerprint density at radius 3 is 2.50 bits per heavy atom. The van der Waals surface area contributed by atoms with Crippen LogP contribution in [-0.2, 0) is 0 Å². The Morgan fingerprint density at radius 2 is 2.00 bits per heavy atom. The number of hydrogen-bond acceptors (Lipinski definition) is 2. The van der Waals surface area contributed by atoms with Crippen molar-refractivity contribution in [1.29, 1.82) is 0 Å². The molecule has 0 aliphatic rings. The van der Waals surface area contributed by atoms with Crippen LogP contribution >= 0.6 is 0 Å². The van der Waals surface area contributed by atoms with Crippen molar-refractivity contribution in [2.24, 2.45) is 0 Å². The summed E-state index contributed by atoms with van der Waals surface area (Å²) in [6.07, 6.45) is 0.281. The van der Waals surface area contributed by atoms with Crippen LogP contribution < -0.4 is 4.74 Å². The van der Waals surface area contributed by atoms with E-state index < -0.39 is 0 Å². The zero-order valence-corrected chi connectivity index (χ0v) is 8.33. The standard InChI is InChI=1S/C12H12O2/c1-3-4-5-12(13)10-6-8-11(14-2)9-7-10/h6-9H,5H2,1-2H3. The average molecular weight is 188 g/mol. The van der Waals surface area contributed by atoms with E-state index in [2.05, 4.69) is 11.8 Å². The fraction of sp³-hybridized carbons (Fsp3) is 0.250. The van der Waals surface area contributed by atoms with Crippen LogP contribution in [0.25, 0.3) is 0 Å². The first-order valence-corrected chi connectivity index (χ1v) is 4.34. The smallest absolute Gasteiger partial charge is 0.174 e. The summed E-state index contributed by atoms with van der Waals surface area (Å²) in [6.45, 7) is 1.72. The molecule has 2 nitrogen and oxygen atoms in total. The molecule has 0 aromatic heterocycles. The van der Waals surface area contributed by atoms with Crippen molar-refractivity contribution in [3.8, 4) is 17.6 Å². The van der Waals surface area contributed by atoms with Gasteiger partial charge in [0.25, 0.3) is 0 Å². The summed E-state index contributed by atoms with van der Waals surface area (Å²) in [5, 5.41) is 0. The molecule has 2 heteroatoms. The summed E-state index contributed by atoms with van der Waals surface area (Å²) in [6, 6.07) is 7.04. The maximum atomic E-state index is 11.5. The first-order chi connectivity index (χ1) is 6.77. The van der Waals surface area contributed by atoms with Crippen molar-refractivity contribution in [2.75, 3.05) is 7.11 Å². The minimum Gasteiger partial charge on any atom is -0.497 e. The van der Waals surface area contributed by atoms with Gasteiger partial charge in [0.1, 0.15) is 5.75 Å². The topological polar surface area (TPSA) is 26.3 Å². The van der Waals surface area contributed by atoms with Gasteiger partial charge in [0.15, 0.2) is 5.78 Å². The average Bonchev–Trinajstić information content (AvgIpc) is 2.26. The van der Waals surface area contributed by atoms with Crippen LogP contribution in [0.5, 0.6) is 5.75 Å². The number of ketones is 1. The molecular weight excluding hydrogens is 176 g/mol. The Labute approximate surface area is 83.9 Å². The van der Waals surface area contributed by atoms with E-state index in [0.29, 0.717) is 5.56 Å². The van der Waals surface area contributed by atoms with Gasteiger partial charge in [-0.25, -0.2) is 0 Å². The minimum atomic E-state index is 0.0435. The summed E-state index contributed by atoms with van der Waals surface area (Å²) in [4.78, 5) is 11.5. The fourth-order valence-corrected chi connectivity index (χ4v) is 1.05. The summed E-state index contributed by atoms with van der Waals surface area (Å²) >= 11 is 0. The van der Waals surface area contributed by atoms with Gasteiger partial charge in [0.2, 0.25) is 0 Å². The maximum absolute atomic E-state index is 11.5. The monoisotopic (exact) mass is 188 g/mol. The van der Waals surface area contributed by atoms with Gasteiger partial charge in [-0.15, -0.1) is 5.92 Å². The third kappa shape index (κ3) is 2.63. The number of rotatable bonds is 3. The number of benzene rings is 1. The maximum Gasteiger partial charge on any atom is 0.174 e. The van der Waals surface area contributed by atoms with Gasteiger partial charge in [-0.05, 0) is 31.2 Å². The second-order valence-corrected chi connectivity index (χ2v) is 2.76. The van der Waals surface area contributed by atoms with E-state index in [0.717, 1.165) is 5.75 Å². The van der Waals surface area contributed by atoms with E-state index in [1.165, 1.54) is 0 Å². The van der Waals surface area contributed by atoms with Crippen molar-refractivity contribution in [3.63, 3.8) is 0 Å². The first-order valence-electron chi connectivity index (χ1n) is 4.34. The molecule has 0 atom stereocenters. The predicted octanol–water partition coefficient (Wildman–Crippen LogP) is 2.29. The molecule has 0 aliphatic heterocycles. The zero-order chi connectivity index (χ0) is 10.4. The Kier molecular flexibility index (Phi) is 3.75. The van der Waals surface area contributed by atoms with Gasteiger partial charge in [-0.2, -0.15) is 0 Å². The quantitative estimate of drug-likeness (QED) is 0.537. The molecule has 0 bridgehead atoms. The number of carbonyl (C=O) groups is 1. The fourth-order valence-electron chi connectivity index (χ4n) is 1.05. The third-order valence-electron chi connectivity index (χ3n) is 1.84. The van der Waals surface area contributed by atoms with Gasteiger partial charge in [-0.3, -0.25) is 4.79 Å². The molecule has 1 rings (SSSR count). The molecule has 72 valence electrons. The van der Waals surface area contributed by atoms with E-state index in [-0.39, 0.29) is 12.2 Å². The number of hydrogen-bond donors (Lipinski definition) is 0. The lowest BCUT2D eigenvalue weighted by molar-refractivity contribution is 0.0998. The van der Waals surface area contributed by atoms with Gasteiger partial charge in [0.05, 0.1) is 13.5 Å².